The fourth-order valence-electron chi connectivity index (χ4n) is 2.95. The van der Waals surface area contributed by atoms with Crippen LogP contribution in [0.1, 0.15) is 51.6 Å². The van der Waals surface area contributed by atoms with Crippen LogP contribution in [0.4, 0.5) is 0 Å². The van der Waals surface area contributed by atoms with Gasteiger partial charge in [-0.2, -0.15) is 0 Å². The number of hydrogen-bond donors (Lipinski definition) is 1. The standard InChI is InChI=1S/C17H27NO3/c1-4-17(5-2,21-6-3)16(18)13-8-9-14-15(12-13)20-11-7-10-19-14/h8-9,12,16H,4-7,10-11,18H2,1-3H3. The second-order valence-electron chi connectivity index (χ2n) is 5.44. The molecular formula is C17H27NO3. The first-order valence-corrected chi connectivity index (χ1v) is 7.96. The Kier molecular flexibility index (Phi) is 5.48. The lowest BCUT2D eigenvalue weighted by atomic mass is 9.84. The third-order valence-electron chi connectivity index (χ3n) is 4.33. The van der Waals surface area contributed by atoms with E-state index < -0.39 is 0 Å². The lowest BCUT2D eigenvalue weighted by Crippen LogP contribution is -2.43. The number of nitrogens with two attached hydrogens (primary N) is 1. The molecule has 0 saturated heterocycles. The van der Waals surface area contributed by atoms with Crippen LogP contribution in [0.25, 0.3) is 0 Å². The molecule has 1 heterocycles. The van der Waals surface area contributed by atoms with Gasteiger partial charge in [0.15, 0.2) is 11.5 Å². The van der Waals surface area contributed by atoms with E-state index in [0.717, 1.165) is 36.3 Å². The summed E-state index contributed by atoms with van der Waals surface area (Å²) >= 11 is 0. The van der Waals surface area contributed by atoms with Crippen molar-refractivity contribution in [2.24, 2.45) is 5.73 Å². The molecule has 1 aliphatic rings. The van der Waals surface area contributed by atoms with E-state index in [1.807, 2.05) is 25.1 Å². The van der Waals surface area contributed by atoms with Crippen molar-refractivity contribution >= 4 is 0 Å². The molecule has 2 rings (SSSR count). The molecule has 0 saturated carbocycles. The van der Waals surface area contributed by atoms with Crippen LogP contribution in [0.3, 0.4) is 0 Å². The molecule has 0 amide bonds. The van der Waals surface area contributed by atoms with Crippen LogP contribution in [0.5, 0.6) is 11.5 Å². The topological polar surface area (TPSA) is 53.7 Å². The molecule has 0 aromatic heterocycles. The molecule has 1 aromatic carbocycles. The zero-order valence-corrected chi connectivity index (χ0v) is 13.4. The van der Waals surface area contributed by atoms with Gasteiger partial charge in [-0.25, -0.2) is 0 Å². The lowest BCUT2D eigenvalue weighted by molar-refractivity contribution is -0.0646. The molecule has 1 aliphatic heterocycles. The van der Waals surface area contributed by atoms with Gasteiger partial charge in [-0.3, -0.25) is 0 Å². The van der Waals surface area contributed by atoms with Crippen LogP contribution in [-0.2, 0) is 4.74 Å². The summed E-state index contributed by atoms with van der Waals surface area (Å²) in [5, 5.41) is 0. The molecular weight excluding hydrogens is 266 g/mol. The fraction of sp³-hybridized carbons (Fsp3) is 0.647. The summed E-state index contributed by atoms with van der Waals surface area (Å²) in [5.41, 5.74) is 7.25. The molecule has 0 aliphatic carbocycles. The molecule has 0 bridgehead atoms. The van der Waals surface area contributed by atoms with Crippen molar-refractivity contribution < 1.29 is 14.2 Å². The van der Waals surface area contributed by atoms with Gasteiger partial charge in [-0.05, 0) is 37.5 Å². The van der Waals surface area contributed by atoms with Gasteiger partial charge in [0.05, 0.1) is 24.9 Å². The van der Waals surface area contributed by atoms with Crippen LogP contribution in [0.15, 0.2) is 18.2 Å². The van der Waals surface area contributed by atoms with Gasteiger partial charge < -0.3 is 19.9 Å². The second kappa shape index (κ2) is 7.14. The SMILES string of the molecule is CCOC(CC)(CC)C(N)c1ccc2c(c1)OCCCO2. The summed E-state index contributed by atoms with van der Waals surface area (Å²) in [7, 11) is 0. The number of hydrogen-bond acceptors (Lipinski definition) is 4. The number of benzene rings is 1. The maximum absolute atomic E-state index is 6.53. The summed E-state index contributed by atoms with van der Waals surface area (Å²) in [4.78, 5) is 0. The van der Waals surface area contributed by atoms with Crippen molar-refractivity contribution in [1.29, 1.82) is 0 Å². The maximum atomic E-state index is 6.53. The first kappa shape index (κ1) is 16.1. The monoisotopic (exact) mass is 293 g/mol. The van der Waals surface area contributed by atoms with E-state index in [-0.39, 0.29) is 11.6 Å². The largest absolute Gasteiger partial charge is 0.490 e. The summed E-state index contributed by atoms with van der Waals surface area (Å²) in [5.74, 6) is 1.59. The molecule has 1 aromatic rings. The van der Waals surface area contributed by atoms with Crippen LogP contribution < -0.4 is 15.2 Å². The van der Waals surface area contributed by atoms with E-state index in [2.05, 4.69) is 13.8 Å². The Balaban J connectivity index is 2.29. The Bertz CT molecular complexity index is 457. The molecule has 0 radical (unpaired) electrons. The predicted octanol–water partition coefficient (Wildman–Crippen LogP) is 3.44. The first-order chi connectivity index (χ1) is 10.2. The van der Waals surface area contributed by atoms with Crippen molar-refractivity contribution in [3.05, 3.63) is 23.8 Å². The Labute approximate surface area is 127 Å². The number of rotatable bonds is 6. The minimum Gasteiger partial charge on any atom is -0.490 e. The van der Waals surface area contributed by atoms with E-state index in [0.29, 0.717) is 19.8 Å². The van der Waals surface area contributed by atoms with E-state index in [4.69, 9.17) is 19.9 Å². The highest BCUT2D eigenvalue weighted by atomic mass is 16.5. The minimum absolute atomic E-state index is 0.176. The summed E-state index contributed by atoms with van der Waals surface area (Å²) < 4.78 is 17.4. The van der Waals surface area contributed by atoms with Crippen molar-refractivity contribution in [1.82, 2.24) is 0 Å². The Morgan fingerprint density at radius 1 is 1.14 bits per heavy atom. The quantitative estimate of drug-likeness (QED) is 0.873. The van der Waals surface area contributed by atoms with Crippen LogP contribution in [0.2, 0.25) is 0 Å². The van der Waals surface area contributed by atoms with Gasteiger partial charge in [0.1, 0.15) is 0 Å². The number of fused-ring (bicyclic) bond motifs is 1. The van der Waals surface area contributed by atoms with Gasteiger partial charge in [-0.15, -0.1) is 0 Å². The molecule has 1 unspecified atom stereocenters. The van der Waals surface area contributed by atoms with Crippen LogP contribution in [-0.4, -0.2) is 25.4 Å². The predicted molar refractivity (Wildman–Crippen MR) is 83.9 cm³/mol. The van der Waals surface area contributed by atoms with Gasteiger partial charge in [-0.1, -0.05) is 19.9 Å². The molecule has 1 atom stereocenters. The fourth-order valence-corrected chi connectivity index (χ4v) is 2.95. The highest BCUT2D eigenvalue weighted by Crippen LogP contribution is 2.38. The Morgan fingerprint density at radius 3 is 2.43 bits per heavy atom. The van der Waals surface area contributed by atoms with Crippen molar-refractivity contribution in [3.63, 3.8) is 0 Å². The van der Waals surface area contributed by atoms with Crippen molar-refractivity contribution in [3.8, 4) is 11.5 Å². The normalized spacial score (nSPS) is 16.4. The van der Waals surface area contributed by atoms with Crippen molar-refractivity contribution in [2.45, 2.75) is 51.7 Å². The maximum Gasteiger partial charge on any atom is 0.161 e. The first-order valence-electron chi connectivity index (χ1n) is 7.96. The smallest absolute Gasteiger partial charge is 0.161 e. The van der Waals surface area contributed by atoms with Crippen molar-refractivity contribution in [2.75, 3.05) is 19.8 Å². The van der Waals surface area contributed by atoms with Gasteiger partial charge in [0.2, 0.25) is 0 Å². The molecule has 0 spiro atoms. The van der Waals surface area contributed by atoms with Crippen LogP contribution in [0, 0.1) is 0 Å². The van der Waals surface area contributed by atoms with E-state index in [9.17, 15) is 0 Å². The Hall–Kier alpha value is -1.26. The third kappa shape index (κ3) is 3.33. The molecule has 4 heteroatoms. The highest BCUT2D eigenvalue weighted by Gasteiger charge is 2.35. The molecule has 2 N–H and O–H groups in total. The zero-order valence-electron chi connectivity index (χ0n) is 13.4. The summed E-state index contributed by atoms with van der Waals surface area (Å²) in [6.07, 6.45) is 2.67. The average Bonchev–Trinajstić information content (AvgIpc) is 2.76. The van der Waals surface area contributed by atoms with Crippen LogP contribution >= 0.6 is 0 Å². The third-order valence-corrected chi connectivity index (χ3v) is 4.33. The molecule has 0 fully saturated rings. The van der Waals surface area contributed by atoms with Gasteiger partial charge in [0.25, 0.3) is 0 Å². The highest BCUT2D eigenvalue weighted by molar-refractivity contribution is 5.44. The number of ether oxygens (including phenoxy) is 3. The van der Waals surface area contributed by atoms with E-state index in [1.165, 1.54) is 0 Å². The lowest BCUT2D eigenvalue weighted by Gasteiger charge is -2.37. The molecule has 4 nitrogen and oxygen atoms in total. The molecule has 21 heavy (non-hydrogen) atoms. The zero-order chi connectivity index (χ0) is 15.3. The second-order valence-corrected chi connectivity index (χ2v) is 5.44. The molecule has 118 valence electrons. The summed E-state index contributed by atoms with van der Waals surface area (Å²) in [6.45, 7) is 8.32. The Morgan fingerprint density at radius 2 is 1.81 bits per heavy atom. The van der Waals surface area contributed by atoms with E-state index >= 15 is 0 Å². The van der Waals surface area contributed by atoms with E-state index in [1.54, 1.807) is 0 Å². The average molecular weight is 293 g/mol. The minimum atomic E-state index is -0.325. The van der Waals surface area contributed by atoms with Gasteiger partial charge >= 0.3 is 0 Å². The summed E-state index contributed by atoms with van der Waals surface area (Å²) in [6, 6.07) is 5.81. The van der Waals surface area contributed by atoms with Gasteiger partial charge in [0, 0.05) is 13.0 Å².